The van der Waals surface area contributed by atoms with Crippen molar-refractivity contribution in [1.82, 2.24) is 0 Å². The molecule has 28 heavy (non-hydrogen) atoms. The number of carbonyl (C=O) groups is 2. The first-order valence-corrected chi connectivity index (χ1v) is 9.95. The van der Waals surface area contributed by atoms with Crippen LogP contribution in [0.1, 0.15) is 60.3 Å². The Balaban J connectivity index is 2.45. The van der Waals surface area contributed by atoms with E-state index in [1.165, 1.54) is 14.0 Å². The topological polar surface area (TPSA) is 102 Å². The molecule has 0 unspecified atom stereocenters. The molecule has 2 aliphatic rings. The number of Topliss-reactive ketones (excluding diaryl/α,β-unsaturated/α-hetero) is 1. The first-order chi connectivity index (χ1) is 12.9. The molecule has 1 saturated heterocycles. The van der Waals surface area contributed by atoms with Crippen molar-refractivity contribution in [2.24, 2.45) is 11.8 Å². The summed E-state index contributed by atoms with van der Waals surface area (Å²) in [4.78, 5) is 25.5. The highest BCUT2D eigenvalue weighted by Crippen LogP contribution is 2.41. The predicted octanol–water partition coefficient (Wildman–Crippen LogP) is 2.13. The van der Waals surface area contributed by atoms with Crippen LogP contribution in [0, 0.1) is 11.8 Å². The van der Waals surface area contributed by atoms with Gasteiger partial charge in [-0.3, -0.25) is 9.59 Å². The summed E-state index contributed by atoms with van der Waals surface area (Å²) in [6, 6.07) is 0. The molecule has 7 nitrogen and oxygen atoms in total. The Morgan fingerprint density at radius 1 is 1.29 bits per heavy atom. The lowest BCUT2D eigenvalue weighted by Gasteiger charge is -2.33. The number of ketones is 1. The summed E-state index contributed by atoms with van der Waals surface area (Å²) in [5.41, 5.74) is -2.23. The van der Waals surface area contributed by atoms with Gasteiger partial charge in [0.25, 0.3) is 0 Å². The maximum absolute atomic E-state index is 12.9. The van der Waals surface area contributed by atoms with Crippen molar-refractivity contribution in [1.29, 1.82) is 0 Å². The van der Waals surface area contributed by atoms with Crippen LogP contribution in [0.25, 0.3) is 0 Å². The van der Waals surface area contributed by atoms with E-state index in [4.69, 9.17) is 14.2 Å². The number of cyclic esters (lactones) is 1. The van der Waals surface area contributed by atoms with Gasteiger partial charge in [0, 0.05) is 20.0 Å². The van der Waals surface area contributed by atoms with Crippen LogP contribution in [0.15, 0.2) is 11.6 Å². The maximum atomic E-state index is 12.9. The fourth-order valence-electron chi connectivity index (χ4n) is 4.47. The zero-order valence-electron chi connectivity index (χ0n) is 17.8. The van der Waals surface area contributed by atoms with Gasteiger partial charge < -0.3 is 24.4 Å². The number of fused-ring (bicyclic) bond motifs is 2. The highest BCUT2D eigenvalue weighted by Gasteiger charge is 2.55. The van der Waals surface area contributed by atoms with Crippen LogP contribution < -0.4 is 0 Å². The van der Waals surface area contributed by atoms with E-state index in [1.54, 1.807) is 19.9 Å². The lowest BCUT2D eigenvalue weighted by atomic mass is 9.83. The fourth-order valence-corrected chi connectivity index (χ4v) is 4.47. The van der Waals surface area contributed by atoms with Crippen molar-refractivity contribution < 1.29 is 34.0 Å². The summed E-state index contributed by atoms with van der Waals surface area (Å²) >= 11 is 0. The second kappa shape index (κ2) is 8.22. The van der Waals surface area contributed by atoms with Crippen molar-refractivity contribution in [2.75, 3.05) is 13.7 Å². The van der Waals surface area contributed by atoms with E-state index in [-0.39, 0.29) is 18.9 Å². The third-order valence-electron chi connectivity index (χ3n) is 5.86. The molecule has 0 amide bonds. The van der Waals surface area contributed by atoms with E-state index in [9.17, 15) is 19.8 Å². The van der Waals surface area contributed by atoms with Crippen molar-refractivity contribution in [3.8, 4) is 0 Å². The minimum Gasteiger partial charge on any atom is -0.458 e. The number of ether oxygens (including phenoxy) is 3. The number of aliphatic hydroxyl groups is 2. The first-order valence-electron chi connectivity index (χ1n) is 9.95. The first kappa shape index (κ1) is 23.0. The number of allylic oxidation sites excluding steroid dienone is 1. The molecule has 2 rings (SSSR count). The molecule has 0 aromatic rings. The second-order valence-corrected chi connectivity index (χ2v) is 8.76. The standard InChI is InChI=1S/C21H34O7/c1-7-16-19(5,24)9-13(2)8-14(3)10-21(26-6)11-20(25,12-27-21)17(22)15(4)18(23)28-16/h9,14-16,24-25H,7-8,10-12H2,1-6H3/b13-9+/t14-,15+,16+,19-,20-,21-/m1/s1. The molecule has 2 N–H and O–H groups in total. The Labute approximate surface area is 167 Å². The summed E-state index contributed by atoms with van der Waals surface area (Å²) in [6.07, 6.45) is 2.42. The Morgan fingerprint density at radius 3 is 2.50 bits per heavy atom. The smallest absolute Gasteiger partial charge is 0.316 e. The van der Waals surface area contributed by atoms with Crippen LogP contribution in [0.2, 0.25) is 0 Å². The summed E-state index contributed by atoms with van der Waals surface area (Å²) in [5.74, 6) is -3.57. The Bertz CT molecular complexity index is 641. The van der Waals surface area contributed by atoms with E-state index in [0.29, 0.717) is 19.3 Å². The van der Waals surface area contributed by atoms with Gasteiger partial charge in [-0.1, -0.05) is 25.5 Å². The molecule has 0 aliphatic carbocycles. The molecule has 2 bridgehead atoms. The highest BCUT2D eigenvalue weighted by molar-refractivity contribution is 6.03. The second-order valence-electron chi connectivity index (χ2n) is 8.76. The van der Waals surface area contributed by atoms with Crippen molar-refractivity contribution in [2.45, 2.75) is 83.4 Å². The molecule has 160 valence electrons. The van der Waals surface area contributed by atoms with Crippen molar-refractivity contribution >= 4 is 11.8 Å². The molecule has 0 aromatic heterocycles. The molecule has 0 saturated carbocycles. The average Bonchev–Trinajstić information content (AvgIpc) is 2.94. The fraction of sp³-hybridized carbons (Fsp3) is 0.810. The molecule has 0 aromatic carbocycles. The number of carbonyl (C=O) groups excluding carboxylic acids is 2. The van der Waals surface area contributed by atoms with E-state index in [0.717, 1.165) is 5.57 Å². The van der Waals surface area contributed by atoms with Gasteiger partial charge in [0.15, 0.2) is 17.2 Å². The van der Waals surface area contributed by atoms with Crippen molar-refractivity contribution in [3.05, 3.63) is 11.6 Å². The average molecular weight is 398 g/mol. The number of hydrogen-bond donors (Lipinski definition) is 2. The summed E-state index contributed by atoms with van der Waals surface area (Å²) < 4.78 is 16.8. The van der Waals surface area contributed by atoms with Crippen LogP contribution in [-0.4, -0.2) is 58.8 Å². The molecule has 0 spiro atoms. The monoisotopic (exact) mass is 398 g/mol. The zero-order valence-corrected chi connectivity index (χ0v) is 17.8. The van der Waals surface area contributed by atoms with Gasteiger partial charge in [-0.2, -0.15) is 0 Å². The third-order valence-corrected chi connectivity index (χ3v) is 5.86. The van der Waals surface area contributed by atoms with Crippen LogP contribution in [0.5, 0.6) is 0 Å². The van der Waals surface area contributed by atoms with Gasteiger partial charge in [-0.25, -0.2) is 0 Å². The molecule has 2 aliphatic heterocycles. The number of esters is 1. The Morgan fingerprint density at radius 2 is 1.93 bits per heavy atom. The van der Waals surface area contributed by atoms with E-state index in [2.05, 4.69) is 0 Å². The van der Waals surface area contributed by atoms with Gasteiger partial charge in [0.2, 0.25) is 0 Å². The van der Waals surface area contributed by atoms with Gasteiger partial charge in [0.05, 0.1) is 6.61 Å². The maximum Gasteiger partial charge on any atom is 0.316 e. The lowest BCUT2D eigenvalue weighted by molar-refractivity contribution is -0.203. The number of hydrogen-bond acceptors (Lipinski definition) is 7. The molecular weight excluding hydrogens is 364 g/mol. The van der Waals surface area contributed by atoms with Crippen LogP contribution in [0.3, 0.4) is 0 Å². The minimum atomic E-state index is -1.81. The van der Waals surface area contributed by atoms with E-state index >= 15 is 0 Å². The van der Waals surface area contributed by atoms with Gasteiger partial charge in [-0.05, 0) is 39.5 Å². The molecule has 1 fully saturated rings. The largest absolute Gasteiger partial charge is 0.458 e. The molecule has 2 heterocycles. The lowest BCUT2D eigenvalue weighted by Crippen LogP contribution is -2.48. The number of rotatable bonds is 2. The quantitative estimate of drug-likeness (QED) is 0.417. The molecule has 7 heteroatoms. The van der Waals surface area contributed by atoms with Gasteiger partial charge in [0.1, 0.15) is 17.6 Å². The van der Waals surface area contributed by atoms with Gasteiger partial charge in [-0.15, -0.1) is 0 Å². The molecule has 6 atom stereocenters. The Kier molecular flexibility index (Phi) is 6.76. The number of methoxy groups -OCH3 is 1. The van der Waals surface area contributed by atoms with Gasteiger partial charge >= 0.3 is 5.97 Å². The third kappa shape index (κ3) is 4.64. The highest BCUT2D eigenvalue weighted by atomic mass is 16.7. The summed E-state index contributed by atoms with van der Waals surface area (Å²) in [7, 11) is 1.49. The van der Waals surface area contributed by atoms with Crippen LogP contribution >= 0.6 is 0 Å². The Hall–Kier alpha value is -1.28. The normalized spacial score (nSPS) is 45.1. The molecule has 0 radical (unpaired) electrons. The zero-order chi connectivity index (χ0) is 21.3. The predicted molar refractivity (Wildman–Crippen MR) is 102 cm³/mol. The molecular formula is C21H34O7. The van der Waals surface area contributed by atoms with Crippen LogP contribution in [-0.2, 0) is 23.8 Å². The van der Waals surface area contributed by atoms with Crippen LogP contribution in [0.4, 0.5) is 0 Å². The minimum absolute atomic E-state index is 0.0328. The SMILES string of the molecule is CC[C@@H]1OC(=O)[C@@H](C)C(=O)[C@]2(O)CO[C@](OC)(C[C@H](C)C/C(C)=C/[C@@]1(C)O)C2. The summed E-state index contributed by atoms with van der Waals surface area (Å²) in [5, 5.41) is 21.8. The van der Waals surface area contributed by atoms with Crippen molar-refractivity contribution in [3.63, 3.8) is 0 Å². The van der Waals surface area contributed by atoms with E-state index < -0.39 is 40.8 Å². The summed E-state index contributed by atoms with van der Waals surface area (Å²) in [6.45, 7) is 8.53. The van der Waals surface area contributed by atoms with E-state index in [1.807, 2.05) is 13.8 Å².